The number of carbonyl (C=O) groups excluding carboxylic acids is 1. The highest BCUT2D eigenvalue weighted by Gasteiger charge is 2.20. The van der Waals surface area contributed by atoms with Crippen molar-refractivity contribution in [1.29, 1.82) is 0 Å². The van der Waals surface area contributed by atoms with Gasteiger partial charge in [-0.15, -0.1) is 0 Å². The summed E-state index contributed by atoms with van der Waals surface area (Å²) >= 11 is 0. The van der Waals surface area contributed by atoms with Gasteiger partial charge in [0.1, 0.15) is 19.3 Å². The van der Waals surface area contributed by atoms with E-state index in [9.17, 15) is 14.3 Å². The molecule has 0 aliphatic rings. The predicted molar refractivity (Wildman–Crippen MR) is 263 cm³/mol. The summed E-state index contributed by atoms with van der Waals surface area (Å²) in [6, 6.07) is 0. The number of phosphoric ester groups is 1. The third-order valence-corrected chi connectivity index (χ3v) is 10.8. The zero-order valence-corrected chi connectivity index (χ0v) is 41.2. The Kier molecular flexibility index (Phi) is 43.1. The Hall–Kier alpha value is -2.58. The van der Waals surface area contributed by atoms with Crippen LogP contribution in [0.5, 0.6) is 0 Å². The molecule has 0 spiro atoms. The number of phosphoric acid groups is 1. The summed E-state index contributed by atoms with van der Waals surface area (Å²) < 4.78 is 34.6. The second-order valence-corrected chi connectivity index (χ2v) is 18.5. The van der Waals surface area contributed by atoms with Crippen molar-refractivity contribution < 1.29 is 37.3 Å². The molecular weight excluding hydrogens is 794 g/mol. The van der Waals surface area contributed by atoms with Gasteiger partial charge >= 0.3 is 5.97 Å². The molecule has 0 heterocycles. The maximum Gasteiger partial charge on any atom is 0.306 e. The molecule has 0 aromatic carbocycles. The molecule has 0 saturated carbocycles. The number of carbonyl (C=O) groups is 1. The highest BCUT2D eigenvalue weighted by Crippen LogP contribution is 2.38. The van der Waals surface area contributed by atoms with E-state index >= 15 is 0 Å². The zero-order valence-electron chi connectivity index (χ0n) is 40.3. The fourth-order valence-electron chi connectivity index (χ4n) is 6.09. The number of rotatable bonds is 44. The normalized spacial score (nSPS) is 14.5. The Bertz CT molecular complexity index is 1310. The van der Waals surface area contributed by atoms with Gasteiger partial charge in [-0.2, -0.15) is 0 Å². The van der Waals surface area contributed by atoms with Crippen molar-refractivity contribution >= 4 is 13.8 Å². The van der Waals surface area contributed by atoms with Gasteiger partial charge in [0.2, 0.25) is 0 Å². The standard InChI is InChI=1S/C53H92NO7P/c1-6-8-10-12-14-16-18-20-22-23-24-25-26-27-28-29-30-31-32-33-35-37-39-41-43-45-48-58-50-52(51-60-62(56,57)59-49-47-54(3,4)5)61-53(55)46-44-42-40-38-36-34-21-19-17-15-13-11-9-7-2/h8,10,13-16,19-22,24-25,27-28,30-31,52H,6-7,9,11-12,17-18,23,26,29,32-51H2,1-5H3/b10-8-,15-13-,16-14-,21-19-,22-20-,25-24-,28-27-,31-30-. The molecule has 0 aromatic rings. The van der Waals surface area contributed by atoms with Crippen LogP contribution >= 0.6 is 7.82 Å². The van der Waals surface area contributed by atoms with Gasteiger partial charge in [-0.1, -0.05) is 175 Å². The molecule has 0 radical (unpaired) electrons. The van der Waals surface area contributed by atoms with Crippen molar-refractivity contribution in [2.45, 2.75) is 180 Å². The van der Waals surface area contributed by atoms with E-state index in [1.807, 2.05) is 21.1 Å². The first kappa shape index (κ1) is 59.4. The molecule has 0 rings (SSSR count). The largest absolute Gasteiger partial charge is 0.756 e. The first-order chi connectivity index (χ1) is 30.1. The maximum atomic E-state index is 12.7. The van der Waals surface area contributed by atoms with Crippen LogP contribution in [0.4, 0.5) is 0 Å². The van der Waals surface area contributed by atoms with E-state index < -0.39 is 13.9 Å². The molecule has 8 nitrogen and oxygen atoms in total. The number of allylic oxidation sites excluding steroid dienone is 16. The molecule has 62 heavy (non-hydrogen) atoms. The Morgan fingerprint density at radius 2 is 0.935 bits per heavy atom. The van der Waals surface area contributed by atoms with Crippen LogP contribution in [0.25, 0.3) is 0 Å². The predicted octanol–water partition coefficient (Wildman–Crippen LogP) is 14.4. The van der Waals surface area contributed by atoms with Crippen molar-refractivity contribution in [3.8, 4) is 0 Å². The highest BCUT2D eigenvalue weighted by atomic mass is 31.2. The van der Waals surface area contributed by atoms with Gasteiger partial charge in [-0.25, -0.2) is 0 Å². The number of hydrogen-bond acceptors (Lipinski definition) is 7. The third-order valence-electron chi connectivity index (χ3n) is 9.87. The average molecular weight is 886 g/mol. The lowest BCUT2D eigenvalue weighted by Gasteiger charge is -2.28. The first-order valence-corrected chi connectivity index (χ1v) is 25.9. The molecule has 0 aromatic heterocycles. The molecule has 0 saturated heterocycles. The summed E-state index contributed by atoms with van der Waals surface area (Å²) in [5.41, 5.74) is 0. The summed E-state index contributed by atoms with van der Waals surface area (Å²) in [5.74, 6) is -0.357. The molecule has 9 heteroatoms. The SMILES string of the molecule is CC/C=C\C/C=C\C/C=C\C/C=C\C/C=C\C/C=C\CCCCCCCCCOCC(COP(=O)([O-])OCC[N+](C)(C)C)OC(=O)CCCCCCC/C=C\C/C=C\CCCC. The summed E-state index contributed by atoms with van der Waals surface area (Å²) in [6.07, 6.45) is 61.4. The minimum atomic E-state index is -4.54. The van der Waals surface area contributed by atoms with Crippen molar-refractivity contribution in [2.75, 3.05) is 54.1 Å². The molecule has 2 atom stereocenters. The molecule has 0 fully saturated rings. The first-order valence-electron chi connectivity index (χ1n) is 24.5. The van der Waals surface area contributed by atoms with E-state index in [0.717, 1.165) is 109 Å². The van der Waals surface area contributed by atoms with E-state index in [1.165, 1.54) is 44.9 Å². The molecule has 2 unspecified atom stereocenters. The van der Waals surface area contributed by atoms with Crippen LogP contribution in [-0.4, -0.2) is 70.7 Å². The van der Waals surface area contributed by atoms with Crippen LogP contribution in [0.15, 0.2) is 97.2 Å². The number of esters is 1. The Morgan fingerprint density at radius 3 is 1.40 bits per heavy atom. The van der Waals surface area contributed by atoms with Crippen LogP contribution in [0.3, 0.4) is 0 Å². The fraction of sp³-hybridized carbons (Fsp3) is 0.679. The van der Waals surface area contributed by atoms with Crippen LogP contribution in [0.1, 0.15) is 174 Å². The second kappa shape index (κ2) is 45.0. The van der Waals surface area contributed by atoms with Crippen molar-refractivity contribution in [1.82, 2.24) is 0 Å². The van der Waals surface area contributed by atoms with Gasteiger partial charge in [-0.3, -0.25) is 9.36 Å². The molecule has 0 N–H and O–H groups in total. The molecule has 0 aliphatic heterocycles. The molecule has 356 valence electrons. The second-order valence-electron chi connectivity index (χ2n) is 17.1. The summed E-state index contributed by atoms with van der Waals surface area (Å²) in [4.78, 5) is 25.1. The number of unbranched alkanes of at least 4 members (excludes halogenated alkanes) is 14. The van der Waals surface area contributed by atoms with Gasteiger partial charge in [0, 0.05) is 13.0 Å². The zero-order chi connectivity index (χ0) is 45.5. The van der Waals surface area contributed by atoms with Gasteiger partial charge < -0.3 is 27.9 Å². The summed E-state index contributed by atoms with van der Waals surface area (Å²) in [6.45, 7) is 5.18. The van der Waals surface area contributed by atoms with Gasteiger partial charge in [0.05, 0.1) is 34.4 Å². The third kappa shape index (κ3) is 48.5. The van der Waals surface area contributed by atoms with Crippen LogP contribution in [0.2, 0.25) is 0 Å². The number of quaternary nitrogens is 1. The van der Waals surface area contributed by atoms with E-state index in [4.69, 9.17) is 18.5 Å². The minimum Gasteiger partial charge on any atom is -0.756 e. The minimum absolute atomic E-state index is 0.0153. The van der Waals surface area contributed by atoms with Crippen molar-refractivity contribution in [3.63, 3.8) is 0 Å². The van der Waals surface area contributed by atoms with Crippen molar-refractivity contribution in [3.05, 3.63) is 97.2 Å². The average Bonchev–Trinajstić information content (AvgIpc) is 3.23. The Balaban J connectivity index is 4.20. The van der Waals surface area contributed by atoms with E-state index in [2.05, 4.69) is 111 Å². The van der Waals surface area contributed by atoms with Gasteiger partial charge in [0.25, 0.3) is 7.82 Å². The topological polar surface area (TPSA) is 94.1 Å². The molecule has 0 aliphatic carbocycles. The van der Waals surface area contributed by atoms with Gasteiger partial charge in [0.15, 0.2) is 0 Å². The van der Waals surface area contributed by atoms with E-state index in [-0.39, 0.29) is 32.2 Å². The van der Waals surface area contributed by atoms with Crippen LogP contribution < -0.4 is 4.89 Å². The number of nitrogens with zero attached hydrogens (tertiary/aromatic N) is 1. The van der Waals surface area contributed by atoms with Crippen LogP contribution in [-0.2, 0) is 27.9 Å². The smallest absolute Gasteiger partial charge is 0.306 e. The van der Waals surface area contributed by atoms with Crippen molar-refractivity contribution in [2.24, 2.45) is 0 Å². The maximum absolute atomic E-state index is 12.7. The quantitative estimate of drug-likeness (QED) is 0.0198. The highest BCUT2D eigenvalue weighted by molar-refractivity contribution is 7.45. The lowest BCUT2D eigenvalue weighted by Crippen LogP contribution is -2.37. The monoisotopic (exact) mass is 886 g/mol. The lowest BCUT2D eigenvalue weighted by molar-refractivity contribution is -0.870. The molecular formula is C53H92NO7P. The van der Waals surface area contributed by atoms with E-state index in [1.54, 1.807) is 0 Å². The number of hydrogen-bond donors (Lipinski definition) is 0. The van der Waals surface area contributed by atoms with Crippen LogP contribution in [0, 0.1) is 0 Å². The fourth-order valence-corrected chi connectivity index (χ4v) is 6.82. The Labute approximate surface area is 381 Å². The number of ether oxygens (including phenoxy) is 2. The lowest BCUT2D eigenvalue weighted by atomic mass is 10.1. The molecule has 0 bridgehead atoms. The summed E-state index contributed by atoms with van der Waals surface area (Å²) in [7, 11) is 1.32. The number of likely N-dealkylation sites (N-methyl/N-ethyl adjacent to an activating group) is 1. The Morgan fingerprint density at radius 1 is 0.516 bits per heavy atom. The summed E-state index contributed by atoms with van der Waals surface area (Å²) in [5, 5.41) is 0. The van der Waals surface area contributed by atoms with E-state index in [0.29, 0.717) is 17.6 Å². The van der Waals surface area contributed by atoms with Gasteiger partial charge in [-0.05, 0) is 89.9 Å². The molecule has 0 amide bonds.